The summed E-state index contributed by atoms with van der Waals surface area (Å²) in [5, 5.41) is 3.30. The molecule has 3 nitrogen and oxygen atoms in total. The summed E-state index contributed by atoms with van der Waals surface area (Å²) in [6, 6.07) is 1.09. The lowest BCUT2D eigenvalue weighted by Gasteiger charge is -2.38. The summed E-state index contributed by atoms with van der Waals surface area (Å²) in [7, 11) is 1.97. The molecule has 0 radical (unpaired) electrons. The lowest BCUT2D eigenvalue weighted by molar-refractivity contribution is -0.132. The summed E-state index contributed by atoms with van der Waals surface area (Å²) >= 11 is 0. The number of nitrogens with one attached hydrogen (secondary N) is 1. The van der Waals surface area contributed by atoms with Crippen molar-refractivity contribution in [1.29, 1.82) is 0 Å². The van der Waals surface area contributed by atoms with Gasteiger partial charge in [-0.15, -0.1) is 0 Å². The zero-order chi connectivity index (χ0) is 12.5. The first-order valence-corrected chi connectivity index (χ1v) is 6.97. The quantitative estimate of drug-likeness (QED) is 0.814. The molecule has 0 spiro atoms. The molecular weight excluding hydrogens is 212 g/mol. The van der Waals surface area contributed by atoms with Gasteiger partial charge < -0.3 is 10.2 Å². The second-order valence-corrected chi connectivity index (χ2v) is 6.56. The third-order valence-electron chi connectivity index (χ3n) is 4.37. The molecule has 2 aliphatic rings. The van der Waals surface area contributed by atoms with E-state index in [4.69, 9.17) is 0 Å². The van der Waals surface area contributed by atoms with Gasteiger partial charge in [0.15, 0.2) is 0 Å². The first-order chi connectivity index (χ1) is 7.98. The van der Waals surface area contributed by atoms with Gasteiger partial charge in [0.25, 0.3) is 0 Å². The molecule has 0 bridgehead atoms. The summed E-state index contributed by atoms with van der Waals surface area (Å²) in [6.07, 6.45) is 7.30. The normalized spacial score (nSPS) is 24.6. The van der Waals surface area contributed by atoms with Crippen LogP contribution in [0.2, 0.25) is 0 Å². The average molecular weight is 238 g/mol. The monoisotopic (exact) mass is 238 g/mol. The van der Waals surface area contributed by atoms with Crippen LogP contribution < -0.4 is 5.32 Å². The zero-order valence-corrected chi connectivity index (χ0v) is 11.5. The van der Waals surface area contributed by atoms with Gasteiger partial charge in [-0.1, -0.05) is 13.8 Å². The van der Waals surface area contributed by atoms with Crippen LogP contribution in [0.3, 0.4) is 0 Å². The van der Waals surface area contributed by atoms with Gasteiger partial charge in [0.05, 0.1) is 6.54 Å². The van der Waals surface area contributed by atoms with Gasteiger partial charge in [-0.2, -0.15) is 0 Å². The van der Waals surface area contributed by atoms with Crippen molar-refractivity contribution in [2.24, 2.45) is 5.41 Å². The molecule has 1 amide bonds. The maximum Gasteiger partial charge on any atom is 0.236 e. The van der Waals surface area contributed by atoms with Gasteiger partial charge in [-0.05, 0) is 43.9 Å². The number of hydrogen-bond donors (Lipinski definition) is 1. The topological polar surface area (TPSA) is 32.3 Å². The second-order valence-electron chi connectivity index (χ2n) is 6.56. The molecule has 0 aromatic rings. The van der Waals surface area contributed by atoms with E-state index in [0.717, 1.165) is 0 Å². The minimum Gasteiger partial charge on any atom is -0.342 e. The lowest BCUT2D eigenvalue weighted by Crippen LogP contribution is -2.44. The molecule has 0 aromatic carbocycles. The van der Waals surface area contributed by atoms with E-state index in [9.17, 15) is 4.79 Å². The van der Waals surface area contributed by atoms with Gasteiger partial charge >= 0.3 is 0 Å². The van der Waals surface area contributed by atoms with Gasteiger partial charge in [0.2, 0.25) is 5.91 Å². The number of rotatable bonds is 4. The van der Waals surface area contributed by atoms with Crippen LogP contribution in [-0.4, -0.2) is 36.5 Å². The Labute approximate surface area is 105 Å². The van der Waals surface area contributed by atoms with Crippen molar-refractivity contribution in [2.75, 3.05) is 13.6 Å². The van der Waals surface area contributed by atoms with Gasteiger partial charge in [-0.3, -0.25) is 4.79 Å². The van der Waals surface area contributed by atoms with Crippen molar-refractivity contribution in [3.05, 3.63) is 0 Å². The number of nitrogens with zero attached hydrogens (tertiary/aromatic N) is 1. The molecule has 0 aliphatic heterocycles. The summed E-state index contributed by atoms with van der Waals surface area (Å²) in [6.45, 7) is 5.19. The Hall–Kier alpha value is -0.570. The Balaban J connectivity index is 1.74. The van der Waals surface area contributed by atoms with Gasteiger partial charge in [0, 0.05) is 19.1 Å². The predicted molar refractivity (Wildman–Crippen MR) is 69.8 cm³/mol. The molecule has 17 heavy (non-hydrogen) atoms. The van der Waals surface area contributed by atoms with Crippen LogP contribution >= 0.6 is 0 Å². The van der Waals surface area contributed by atoms with Crippen LogP contribution in [-0.2, 0) is 4.79 Å². The summed E-state index contributed by atoms with van der Waals surface area (Å²) in [5.41, 5.74) is 0.479. The predicted octanol–water partition coefficient (Wildman–Crippen LogP) is 2.17. The highest BCUT2D eigenvalue weighted by Gasteiger charge is 2.30. The molecule has 3 heteroatoms. The molecule has 98 valence electrons. The number of carbonyl (C=O) groups is 1. The molecule has 1 N–H and O–H groups in total. The van der Waals surface area contributed by atoms with Crippen LogP contribution in [0.5, 0.6) is 0 Å². The van der Waals surface area contributed by atoms with Crippen molar-refractivity contribution in [3.8, 4) is 0 Å². The first kappa shape index (κ1) is 12.9. The SMILES string of the molecule is CN(C(=O)CNC1CC1)C1CCC(C)(C)CC1. The molecule has 0 heterocycles. The Bertz CT molecular complexity index is 274. The molecule has 0 unspecified atom stereocenters. The van der Waals surface area contributed by atoms with E-state index in [1.807, 2.05) is 11.9 Å². The molecule has 2 rings (SSSR count). The van der Waals surface area contributed by atoms with E-state index in [1.165, 1.54) is 38.5 Å². The largest absolute Gasteiger partial charge is 0.342 e. The Morgan fingerprint density at radius 1 is 1.24 bits per heavy atom. The Kier molecular flexibility index (Phi) is 3.76. The lowest BCUT2D eigenvalue weighted by atomic mass is 9.75. The fraction of sp³-hybridized carbons (Fsp3) is 0.929. The summed E-state index contributed by atoms with van der Waals surface area (Å²) in [5.74, 6) is 0.265. The first-order valence-electron chi connectivity index (χ1n) is 6.97. The standard InChI is InChI=1S/C14H26N2O/c1-14(2)8-6-12(7-9-14)16(3)13(17)10-15-11-4-5-11/h11-12,15H,4-10H2,1-3H3. The Morgan fingerprint density at radius 2 is 1.82 bits per heavy atom. The molecule has 2 aliphatic carbocycles. The number of likely N-dealkylation sites (N-methyl/N-ethyl adjacent to an activating group) is 1. The zero-order valence-electron chi connectivity index (χ0n) is 11.5. The van der Waals surface area contributed by atoms with Crippen LogP contribution in [0.25, 0.3) is 0 Å². The maximum absolute atomic E-state index is 12.0. The number of amides is 1. The van der Waals surface area contributed by atoms with E-state index in [-0.39, 0.29) is 5.91 Å². The van der Waals surface area contributed by atoms with E-state index < -0.39 is 0 Å². The fourth-order valence-corrected chi connectivity index (χ4v) is 2.62. The van der Waals surface area contributed by atoms with Crippen molar-refractivity contribution in [2.45, 2.75) is 64.5 Å². The van der Waals surface area contributed by atoms with Crippen LogP contribution in [0.15, 0.2) is 0 Å². The molecule has 0 aromatic heterocycles. The maximum atomic E-state index is 12.0. The molecule has 0 atom stereocenters. The Morgan fingerprint density at radius 3 is 2.35 bits per heavy atom. The fourth-order valence-electron chi connectivity index (χ4n) is 2.62. The molecule has 2 fully saturated rings. The van der Waals surface area contributed by atoms with E-state index in [2.05, 4.69) is 19.2 Å². The van der Waals surface area contributed by atoms with Gasteiger partial charge in [-0.25, -0.2) is 0 Å². The second kappa shape index (κ2) is 4.97. The van der Waals surface area contributed by atoms with E-state index in [0.29, 0.717) is 24.0 Å². The minimum absolute atomic E-state index is 0.265. The van der Waals surface area contributed by atoms with E-state index >= 15 is 0 Å². The van der Waals surface area contributed by atoms with Crippen molar-refractivity contribution in [1.82, 2.24) is 10.2 Å². The number of carbonyl (C=O) groups excluding carboxylic acids is 1. The summed E-state index contributed by atoms with van der Waals surface area (Å²) in [4.78, 5) is 14.0. The average Bonchev–Trinajstić information content (AvgIpc) is 3.09. The smallest absolute Gasteiger partial charge is 0.236 e. The summed E-state index contributed by atoms with van der Waals surface area (Å²) < 4.78 is 0. The van der Waals surface area contributed by atoms with Crippen LogP contribution in [0.1, 0.15) is 52.4 Å². The molecule has 2 saturated carbocycles. The highest BCUT2D eigenvalue weighted by atomic mass is 16.2. The van der Waals surface area contributed by atoms with E-state index in [1.54, 1.807) is 0 Å². The highest BCUT2D eigenvalue weighted by Crippen LogP contribution is 2.36. The van der Waals surface area contributed by atoms with Crippen molar-refractivity contribution >= 4 is 5.91 Å². The van der Waals surface area contributed by atoms with Crippen molar-refractivity contribution < 1.29 is 4.79 Å². The minimum atomic E-state index is 0.265. The molecule has 0 saturated heterocycles. The third-order valence-corrected chi connectivity index (χ3v) is 4.37. The van der Waals surface area contributed by atoms with Crippen molar-refractivity contribution in [3.63, 3.8) is 0 Å². The van der Waals surface area contributed by atoms with Crippen LogP contribution in [0.4, 0.5) is 0 Å². The van der Waals surface area contributed by atoms with Gasteiger partial charge in [0.1, 0.15) is 0 Å². The highest BCUT2D eigenvalue weighted by molar-refractivity contribution is 5.78. The van der Waals surface area contributed by atoms with Crippen LogP contribution in [0, 0.1) is 5.41 Å². The molecular formula is C14H26N2O. The number of hydrogen-bond acceptors (Lipinski definition) is 2. The third kappa shape index (κ3) is 3.70.